The molecule has 3 nitrogen and oxygen atoms in total. The smallest absolute Gasteiger partial charge is 0.125 e. The van der Waals surface area contributed by atoms with Crippen LogP contribution in [0.3, 0.4) is 0 Å². The third-order valence-corrected chi connectivity index (χ3v) is 3.18. The fraction of sp³-hybridized carbons (Fsp3) is 0.357. The third kappa shape index (κ3) is 2.74. The van der Waals surface area contributed by atoms with Gasteiger partial charge in [-0.15, -0.1) is 0 Å². The zero-order chi connectivity index (χ0) is 12.3. The average molecular weight is 229 g/mol. The highest BCUT2D eigenvalue weighted by molar-refractivity contribution is 5.25. The maximum Gasteiger partial charge on any atom is 0.125 e. The Hall–Kier alpha value is -1.61. The van der Waals surface area contributed by atoms with E-state index in [-0.39, 0.29) is 6.04 Å². The first-order valence-electron chi connectivity index (χ1n) is 5.96. The molecule has 0 amide bonds. The Morgan fingerprint density at radius 3 is 2.76 bits per heavy atom. The Balaban J connectivity index is 2.00. The highest BCUT2D eigenvalue weighted by atomic mass is 15.1. The maximum atomic E-state index is 6.15. The van der Waals surface area contributed by atoms with Gasteiger partial charge in [-0.3, -0.25) is 0 Å². The second-order valence-corrected chi connectivity index (χ2v) is 4.47. The Bertz CT molecular complexity index is 488. The summed E-state index contributed by atoms with van der Waals surface area (Å²) >= 11 is 0. The fourth-order valence-corrected chi connectivity index (χ4v) is 2.07. The molecule has 2 N–H and O–H groups in total. The van der Waals surface area contributed by atoms with Crippen LogP contribution in [0.1, 0.15) is 29.4 Å². The molecular formula is C14H19N3. The van der Waals surface area contributed by atoms with Gasteiger partial charge in [0.25, 0.3) is 0 Å². The maximum absolute atomic E-state index is 6.15. The van der Waals surface area contributed by atoms with E-state index in [0.29, 0.717) is 0 Å². The van der Waals surface area contributed by atoms with E-state index in [0.717, 1.165) is 18.7 Å². The van der Waals surface area contributed by atoms with Gasteiger partial charge >= 0.3 is 0 Å². The van der Waals surface area contributed by atoms with Crippen molar-refractivity contribution >= 4 is 0 Å². The molecular weight excluding hydrogens is 210 g/mol. The summed E-state index contributed by atoms with van der Waals surface area (Å²) in [4.78, 5) is 4.29. The number of hydrogen-bond donors (Lipinski definition) is 1. The van der Waals surface area contributed by atoms with Gasteiger partial charge in [-0.1, -0.05) is 24.3 Å². The number of hydrogen-bond acceptors (Lipinski definition) is 2. The number of aromatic nitrogens is 2. The predicted octanol–water partition coefficient (Wildman–Crippen LogP) is 2.36. The summed E-state index contributed by atoms with van der Waals surface area (Å²) in [6, 6.07) is 8.46. The van der Waals surface area contributed by atoms with E-state index < -0.39 is 0 Å². The zero-order valence-electron chi connectivity index (χ0n) is 10.4. The summed E-state index contributed by atoms with van der Waals surface area (Å²) in [5.74, 6) is 0.957. The van der Waals surface area contributed by atoms with E-state index in [9.17, 15) is 0 Å². The number of benzene rings is 1. The molecule has 0 radical (unpaired) electrons. The molecule has 17 heavy (non-hydrogen) atoms. The molecule has 0 aliphatic heterocycles. The molecule has 3 heteroatoms. The minimum absolute atomic E-state index is 0.00889. The molecule has 0 aliphatic carbocycles. The zero-order valence-corrected chi connectivity index (χ0v) is 10.4. The minimum atomic E-state index is 0.00889. The number of nitrogens with two attached hydrogens (primary N) is 1. The van der Waals surface area contributed by atoms with Crippen molar-refractivity contribution in [3.63, 3.8) is 0 Å². The highest BCUT2D eigenvalue weighted by Gasteiger charge is 2.11. The molecule has 1 aromatic carbocycles. The van der Waals surface area contributed by atoms with Crippen molar-refractivity contribution in [1.29, 1.82) is 0 Å². The first-order valence-corrected chi connectivity index (χ1v) is 5.96. The van der Waals surface area contributed by atoms with Crippen molar-refractivity contribution < 1.29 is 0 Å². The van der Waals surface area contributed by atoms with Gasteiger partial charge < -0.3 is 10.3 Å². The average Bonchev–Trinajstić information content (AvgIpc) is 2.74. The molecule has 2 aromatic rings. The van der Waals surface area contributed by atoms with Gasteiger partial charge in [0, 0.05) is 19.4 Å². The second kappa shape index (κ2) is 5.15. The van der Waals surface area contributed by atoms with Gasteiger partial charge in [0.2, 0.25) is 0 Å². The number of rotatable bonds is 4. The molecule has 0 bridgehead atoms. The molecule has 0 fully saturated rings. The van der Waals surface area contributed by atoms with Crippen molar-refractivity contribution in [1.82, 2.24) is 9.55 Å². The van der Waals surface area contributed by atoms with Gasteiger partial charge in [-0.05, 0) is 30.9 Å². The fourth-order valence-electron chi connectivity index (χ4n) is 2.07. The summed E-state index contributed by atoms with van der Waals surface area (Å²) < 4.78 is 1.99. The molecule has 0 saturated heterocycles. The molecule has 1 unspecified atom stereocenters. The van der Waals surface area contributed by atoms with Crippen LogP contribution in [0.4, 0.5) is 0 Å². The van der Waals surface area contributed by atoms with Gasteiger partial charge in [0.05, 0.1) is 6.04 Å². The number of nitrogens with zero attached hydrogens (tertiary/aromatic N) is 2. The molecule has 0 spiro atoms. The van der Waals surface area contributed by atoms with Crippen molar-refractivity contribution in [3.05, 3.63) is 53.6 Å². The second-order valence-electron chi connectivity index (χ2n) is 4.47. The van der Waals surface area contributed by atoms with Gasteiger partial charge in [-0.25, -0.2) is 4.98 Å². The standard InChI is InChI=1S/C14H19N3/c1-11-5-3-4-6-12(11)7-8-13(15)14-16-9-10-17(14)2/h3-6,9-10,13H,7-8,15H2,1-2H3. The lowest BCUT2D eigenvalue weighted by Gasteiger charge is -2.12. The van der Waals surface area contributed by atoms with E-state index in [1.165, 1.54) is 11.1 Å². The van der Waals surface area contributed by atoms with Crippen LogP contribution in [0.15, 0.2) is 36.7 Å². The normalized spacial score (nSPS) is 12.6. The lowest BCUT2D eigenvalue weighted by Crippen LogP contribution is -2.16. The van der Waals surface area contributed by atoms with E-state index >= 15 is 0 Å². The molecule has 0 aliphatic rings. The number of aryl methyl sites for hydroxylation is 3. The molecule has 90 valence electrons. The molecule has 1 atom stereocenters. The Morgan fingerprint density at radius 2 is 2.12 bits per heavy atom. The van der Waals surface area contributed by atoms with Crippen LogP contribution in [0.5, 0.6) is 0 Å². The summed E-state index contributed by atoms with van der Waals surface area (Å²) in [6.45, 7) is 2.14. The lowest BCUT2D eigenvalue weighted by molar-refractivity contribution is 0.587. The van der Waals surface area contributed by atoms with Gasteiger partial charge in [0.1, 0.15) is 5.82 Å². The SMILES string of the molecule is Cc1ccccc1CCC(N)c1nccn1C. The van der Waals surface area contributed by atoms with E-state index in [1.807, 2.05) is 17.8 Å². The summed E-state index contributed by atoms with van der Waals surface area (Å²) in [6.07, 6.45) is 5.66. The summed E-state index contributed by atoms with van der Waals surface area (Å²) in [7, 11) is 1.98. The Labute approximate surface area is 102 Å². The largest absolute Gasteiger partial charge is 0.337 e. The number of imidazole rings is 1. The van der Waals surface area contributed by atoms with Crippen LogP contribution >= 0.6 is 0 Å². The topological polar surface area (TPSA) is 43.8 Å². The van der Waals surface area contributed by atoms with Crippen molar-refractivity contribution in [2.45, 2.75) is 25.8 Å². The first-order chi connectivity index (χ1) is 8.18. The Morgan fingerprint density at radius 1 is 1.35 bits per heavy atom. The first kappa shape index (κ1) is 11.9. The quantitative estimate of drug-likeness (QED) is 0.874. The van der Waals surface area contributed by atoms with Crippen molar-refractivity contribution in [2.24, 2.45) is 12.8 Å². The van der Waals surface area contributed by atoms with Gasteiger partial charge in [-0.2, -0.15) is 0 Å². The monoisotopic (exact) mass is 229 g/mol. The van der Waals surface area contributed by atoms with Crippen LogP contribution in [0.25, 0.3) is 0 Å². The molecule has 2 rings (SSSR count). The summed E-state index contributed by atoms with van der Waals surface area (Å²) in [5, 5.41) is 0. The van der Waals surface area contributed by atoms with Crippen LogP contribution in [0, 0.1) is 6.92 Å². The van der Waals surface area contributed by atoms with E-state index in [2.05, 4.69) is 36.2 Å². The molecule has 0 saturated carbocycles. The van der Waals surface area contributed by atoms with Crippen molar-refractivity contribution in [3.8, 4) is 0 Å². The van der Waals surface area contributed by atoms with Crippen molar-refractivity contribution in [2.75, 3.05) is 0 Å². The third-order valence-electron chi connectivity index (χ3n) is 3.18. The Kier molecular flexibility index (Phi) is 3.59. The van der Waals surface area contributed by atoms with E-state index in [4.69, 9.17) is 5.73 Å². The molecule has 1 heterocycles. The van der Waals surface area contributed by atoms with Crippen LogP contribution in [0.2, 0.25) is 0 Å². The van der Waals surface area contributed by atoms with E-state index in [1.54, 1.807) is 6.20 Å². The summed E-state index contributed by atoms with van der Waals surface area (Å²) in [5.41, 5.74) is 8.86. The van der Waals surface area contributed by atoms with Crippen LogP contribution in [-0.2, 0) is 13.5 Å². The minimum Gasteiger partial charge on any atom is -0.337 e. The highest BCUT2D eigenvalue weighted by Crippen LogP contribution is 2.16. The predicted molar refractivity (Wildman–Crippen MR) is 69.6 cm³/mol. The van der Waals surface area contributed by atoms with Crippen LogP contribution in [-0.4, -0.2) is 9.55 Å². The van der Waals surface area contributed by atoms with Crippen LogP contribution < -0.4 is 5.73 Å². The lowest BCUT2D eigenvalue weighted by atomic mass is 10.0. The molecule has 1 aromatic heterocycles. The van der Waals surface area contributed by atoms with Gasteiger partial charge in [0.15, 0.2) is 0 Å².